The van der Waals surface area contributed by atoms with Crippen LogP contribution < -0.4 is 20.1 Å². The van der Waals surface area contributed by atoms with Gasteiger partial charge in [0.2, 0.25) is 0 Å². The summed E-state index contributed by atoms with van der Waals surface area (Å²) in [7, 11) is 0. The van der Waals surface area contributed by atoms with Gasteiger partial charge in [0.15, 0.2) is 17.5 Å². The molecule has 0 radical (unpaired) electrons. The van der Waals surface area contributed by atoms with E-state index in [1.165, 1.54) is 6.07 Å². The summed E-state index contributed by atoms with van der Waals surface area (Å²) in [6.07, 6.45) is 0.999. The molecular weight excluding hydrogens is 431 g/mol. The molecule has 0 spiro atoms. The number of aliphatic imine (C=N–C) groups is 1. The van der Waals surface area contributed by atoms with Crippen LogP contribution in [0.4, 0.5) is 8.78 Å². The van der Waals surface area contributed by atoms with E-state index in [2.05, 4.69) is 27.3 Å². The lowest BCUT2D eigenvalue weighted by molar-refractivity contribution is -0.0514. The van der Waals surface area contributed by atoms with Crippen molar-refractivity contribution in [3.63, 3.8) is 0 Å². The van der Waals surface area contributed by atoms with Gasteiger partial charge in [-0.25, -0.2) is 4.99 Å². The third kappa shape index (κ3) is 8.51. The molecule has 0 aliphatic carbocycles. The predicted molar refractivity (Wildman–Crippen MR) is 103 cm³/mol. The lowest BCUT2D eigenvalue weighted by atomic mass is 10.2. The minimum absolute atomic E-state index is 0. The molecule has 0 fully saturated rings. The Kier molecular flexibility index (Phi) is 12.3. The van der Waals surface area contributed by atoms with E-state index in [0.717, 1.165) is 31.0 Å². The summed E-state index contributed by atoms with van der Waals surface area (Å²) in [5, 5.41) is 6.35. The number of rotatable bonds is 9. The highest BCUT2D eigenvalue weighted by Gasteiger charge is 2.11. The maximum Gasteiger partial charge on any atom is 0.387 e. The number of ether oxygens (including phenoxy) is 2. The van der Waals surface area contributed by atoms with Crippen molar-refractivity contribution in [1.82, 2.24) is 10.6 Å². The molecular formula is C16H26F2IN3O2. The van der Waals surface area contributed by atoms with Crippen LogP contribution in [0.5, 0.6) is 11.5 Å². The Hall–Kier alpha value is -1.32. The molecule has 24 heavy (non-hydrogen) atoms. The smallest absolute Gasteiger partial charge is 0.387 e. The van der Waals surface area contributed by atoms with E-state index in [1.807, 2.05) is 6.92 Å². The summed E-state index contributed by atoms with van der Waals surface area (Å²) in [5.41, 5.74) is 0.851. The van der Waals surface area contributed by atoms with Gasteiger partial charge in [0, 0.05) is 13.1 Å². The first kappa shape index (κ1) is 22.7. The van der Waals surface area contributed by atoms with Crippen LogP contribution in [0.25, 0.3) is 0 Å². The van der Waals surface area contributed by atoms with Crippen LogP contribution in [-0.4, -0.2) is 32.3 Å². The number of halogens is 3. The van der Waals surface area contributed by atoms with Crippen molar-refractivity contribution in [3.8, 4) is 11.5 Å². The van der Waals surface area contributed by atoms with Gasteiger partial charge >= 0.3 is 6.61 Å². The highest BCUT2D eigenvalue weighted by Crippen LogP contribution is 2.30. The quantitative estimate of drug-likeness (QED) is 0.337. The van der Waals surface area contributed by atoms with E-state index in [1.54, 1.807) is 19.1 Å². The predicted octanol–water partition coefficient (Wildman–Crippen LogP) is 3.77. The molecule has 138 valence electrons. The second kappa shape index (κ2) is 13.0. The van der Waals surface area contributed by atoms with Crippen molar-refractivity contribution in [1.29, 1.82) is 0 Å². The number of nitrogens with zero attached hydrogens (tertiary/aromatic N) is 1. The second-order valence-corrected chi connectivity index (χ2v) is 4.71. The minimum atomic E-state index is -2.88. The second-order valence-electron chi connectivity index (χ2n) is 4.71. The summed E-state index contributed by atoms with van der Waals surface area (Å²) < 4.78 is 34.6. The van der Waals surface area contributed by atoms with E-state index in [9.17, 15) is 8.78 Å². The zero-order valence-corrected chi connectivity index (χ0v) is 16.6. The minimum Gasteiger partial charge on any atom is -0.490 e. The first-order chi connectivity index (χ1) is 11.1. The van der Waals surface area contributed by atoms with Crippen molar-refractivity contribution in [2.75, 3.05) is 19.7 Å². The van der Waals surface area contributed by atoms with Gasteiger partial charge < -0.3 is 20.1 Å². The third-order valence-electron chi connectivity index (χ3n) is 2.83. The van der Waals surface area contributed by atoms with E-state index < -0.39 is 6.61 Å². The van der Waals surface area contributed by atoms with Gasteiger partial charge in [0.05, 0.1) is 13.2 Å². The number of hydrogen-bond donors (Lipinski definition) is 2. The fraction of sp³-hybridized carbons (Fsp3) is 0.562. The van der Waals surface area contributed by atoms with Gasteiger partial charge in [-0.3, -0.25) is 0 Å². The van der Waals surface area contributed by atoms with Crippen molar-refractivity contribution >= 4 is 29.9 Å². The maximum atomic E-state index is 12.4. The van der Waals surface area contributed by atoms with Gasteiger partial charge in [-0.05, 0) is 38.0 Å². The van der Waals surface area contributed by atoms with Gasteiger partial charge in [-0.1, -0.05) is 13.0 Å². The van der Waals surface area contributed by atoms with Gasteiger partial charge in [-0.2, -0.15) is 8.78 Å². The van der Waals surface area contributed by atoms with Gasteiger partial charge in [0.1, 0.15) is 0 Å². The molecule has 0 saturated heterocycles. The van der Waals surface area contributed by atoms with E-state index in [0.29, 0.717) is 18.9 Å². The molecule has 5 nitrogen and oxygen atoms in total. The number of benzene rings is 1. The SMILES string of the molecule is CCCNC(=NCc1ccc(OC(F)F)c(OCC)c1)NCC.I. The standard InChI is InChI=1S/C16H25F2N3O2.HI/c1-4-9-20-16(19-5-2)21-11-12-7-8-13(23-15(17)18)14(10-12)22-6-3;/h7-8,10,15H,4-6,9,11H2,1-3H3,(H2,19,20,21);1H. The molecule has 2 N–H and O–H groups in total. The Morgan fingerprint density at radius 1 is 1.17 bits per heavy atom. The van der Waals surface area contributed by atoms with Crippen LogP contribution in [0, 0.1) is 0 Å². The lowest BCUT2D eigenvalue weighted by Crippen LogP contribution is -2.37. The molecule has 0 aromatic heterocycles. The van der Waals surface area contributed by atoms with Crippen LogP contribution in [0.15, 0.2) is 23.2 Å². The number of alkyl halides is 2. The number of hydrogen-bond acceptors (Lipinski definition) is 3. The first-order valence-electron chi connectivity index (χ1n) is 7.83. The molecule has 0 saturated carbocycles. The molecule has 8 heteroatoms. The number of nitrogens with one attached hydrogen (secondary N) is 2. The van der Waals surface area contributed by atoms with Gasteiger partial charge in [0.25, 0.3) is 0 Å². The molecule has 0 atom stereocenters. The average Bonchev–Trinajstić information content (AvgIpc) is 2.52. The fourth-order valence-electron chi connectivity index (χ4n) is 1.87. The molecule has 0 unspecified atom stereocenters. The number of guanidine groups is 1. The van der Waals surface area contributed by atoms with Gasteiger partial charge in [-0.15, -0.1) is 24.0 Å². The zero-order chi connectivity index (χ0) is 17.1. The Labute approximate surface area is 159 Å². The molecule has 1 rings (SSSR count). The zero-order valence-electron chi connectivity index (χ0n) is 14.3. The molecule has 1 aromatic carbocycles. The first-order valence-corrected chi connectivity index (χ1v) is 7.83. The molecule has 0 bridgehead atoms. The molecule has 0 amide bonds. The molecule has 0 heterocycles. The monoisotopic (exact) mass is 457 g/mol. The summed E-state index contributed by atoms with van der Waals surface area (Å²) >= 11 is 0. The van der Waals surface area contributed by atoms with Crippen LogP contribution in [0.3, 0.4) is 0 Å². The van der Waals surface area contributed by atoms with Crippen LogP contribution in [0.2, 0.25) is 0 Å². The Balaban J connectivity index is 0.00000529. The molecule has 0 aliphatic rings. The third-order valence-corrected chi connectivity index (χ3v) is 2.83. The average molecular weight is 457 g/mol. The van der Waals surface area contributed by atoms with Crippen molar-refractivity contribution in [2.45, 2.75) is 40.3 Å². The topological polar surface area (TPSA) is 54.9 Å². The van der Waals surface area contributed by atoms with Crippen molar-refractivity contribution in [2.24, 2.45) is 4.99 Å². The summed E-state index contributed by atoms with van der Waals surface area (Å²) in [6.45, 7) is 5.35. The van der Waals surface area contributed by atoms with Crippen LogP contribution >= 0.6 is 24.0 Å². The lowest BCUT2D eigenvalue weighted by Gasteiger charge is -2.13. The summed E-state index contributed by atoms with van der Waals surface area (Å²) in [4.78, 5) is 4.46. The Morgan fingerprint density at radius 3 is 2.50 bits per heavy atom. The summed E-state index contributed by atoms with van der Waals surface area (Å²) in [5.74, 6) is 1.05. The maximum absolute atomic E-state index is 12.4. The highest BCUT2D eigenvalue weighted by molar-refractivity contribution is 14.0. The van der Waals surface area contributed by atoms with Crippen molar-refractivity contribution < 1.29 is 18.3 Å². The van der Waals surface area contributed by atoms with Crippen LogP contribution in [0.1, 0.15) is 32.8 Å². The Morgan fingerprint density at radius 2 is 1.92 bits per heavy atom. The summed E-state index contributed by atoms with van der Waals surface area (Å²) in [6, 6.07) is 4.86. The fourth-order valence-corrected chi connectivity index (χ4v) is 1.87. The largest absolute Gasteiger partial charge is 0.490 e. The van der Waals surface area contributed by atoms with E-state index in [4.69, 9.17) is 4.74 Å². The van der Waals surface area contributed by atoms with Crippen molar-refractivity contribution in [3.05, 3.63) is 23.8 Å². The molecule has 0 aliphatic heterocycles. The van der Waals surface area contributed by atoms with E-state index in [-0.39, 0.29) is 29.7 Å². The Bertz CT molecular complexity index is 502. The van der Waals surface area contributed by atoms with Crippen LogP contribution in [-0.2, 0) is 6.54 Å². The highest BCUT2D eigenvalue weighted by atomic mass is 127. The normalized spacial score (nSPS) is 11.0. The van der Waals surface area contributed by atoms with E-state index >= 15 is 0 Å². The molecule has 1 aromatic rings.